The normalized spacial score (nSPS) is 21.6. The fourth-order valence-corrected chi connectivity index (χ4v) is 3.81. The van der Waals surface area contributed by atoms with Gasteiger partial charge in [-0.3, -0.25) is 14.4 Å². The SMILES string of the molecule is CC(C)(C)C1COC(=O)CCCCC=CCC(CC(=O)NC(CO)Cc2ccccc2)C(=O)N1. The molecule has 3 atom stereocenters. The number of carbonyl (C=O) groups excluding carboxylic acids is 3. The van der Waals surface area contributed by atoms with Crippen molar-refractivity contribution < 1.29 is 24.2 Å². The number of esters is 1. The number of amides is 2. The van der Waals surface area contributed by atoms with Crippen LogP contribution >= 0.6 is 0 Å². The van der Waals surface area contributed by atoms with E-state index in [9.17, 15) is 19.5 Å². The zero-order valence-corrected chi connectivity index (χ0v) is 20.7. The third kappa shape index (κ3) is 10.1. The van der Waals surface area contributed by atoms with Gasteiger partial charge in [-0.1, -0.05) is 63.3 Å². The van der Waals surface area contributed by atoms with E-state index in [1.807, 2.05) is 63.3 Å². The Morgan fingerprint density at radius 3 is 2.59 bits per heavy atom. The molecule has 0 saturated carbocycles. The molecule has 1 aromatic rings. The van der Waals surface area contributed by atoms with E-state index in [1.54, 1.807) is 0 Å². The van der Waals surface area contributed by atoms with Gasteiger partial charge >= 0.3 is 5.97 Å². The van der Waals surface area contributed by atoms with Crippen LogP contribution in [-0.4, -0.2) is 48.2 Å². The number of rotatable bonds is 6. The highest BCUT2D eigenvalue weighted by molar-refractivity contribution is 5.86. The third-order valence-corrected chi connectivity index (χ3v) is 6.07. The summed E-state index contributed by atoms with van der Waals surface area (Å²) in [7, 11) is 0. The lowest BCUT2D eigenvalue weighted by atomic mass is 9.86. The van der Waals surface area contributed by atoms with Crippen molar-refractivity contribution in [1.29, 1.82) is 0 Å². The molecule has 0 bridgehead atoms. The molecule has 0 aromatic heterocycles. The molecule has 3 unspecified atom stereocenters. The van der Waals surface area contributed by atoms with Gasteiger partial charge in [0, 0.05) is 12.8 Å². The average molecular weight is 473 g/mol. The number of carbonyl (C=O) groups is 3. The number of benzene rings is 1. The minimum absolute atomic E-state index is 0.0120. The zero-order chi connectivity index (χ0) is 25.0. The molecule has 3 N–H and O–H groups in total. The number of nitrogens with one attached hydrogen (secondary N) is 2. The fourth-order valence-electron chi connectivity index (χ4n) is 3.81. The second-order valence-electron chi connectivity index (χ2n) is 10.1. The molecule has 1 aromatic carbocycles. The number of hydrogen-bond acceptors (Lipinski definition) is 5. The molecule has 0 spiro atoms. The van der Waals surface area contributed by atoms with E-state index in [0.717, 1.165) is 24.8 Å². The van der Waals surface area contributed by atoms with Crippen LogP contribution in [0.25, 0.3) is 0 Å². The molecule has 1 heterocycles. The maximum atomic E-state index is 13.2. The van der Waals surface area contributed by atoms with Crippen LogP contribution in [0, 0.1) is 11.3 Å². The predicted octanol–water partition coefficient (Wildman–Crippen LogP) is 3.31. The fraction of sp³-hybridized carbons (Fsp3) is 0.593. The summed E-state index contributed by atoms with van der Waals surface area (Å²) < 4.78 is 5.44. The van der Waals surface area contributed by atoms with E-state index < -0.39 is 12.0 Å². The Morgan fingerprint density at radius 2 is 1.91 bits per heavy atom. The lowest BCUT2D eigenvalue weighted by molar-refractivity contribution is -0.146. The highest BCUT2D eigenvalue weighted by Gasteiger charge is 2.31. The monoisotopic (exact) mass is 472 g/mol. The summed E-state index contributed by atoms with van der Waals surface area (Å²) in [6.07, 6.45) is 7.71. The molecule has 1 aliphatic rings. The van der Waals surface area contributed by atoms with Crippen molar-refractivity contribution in [2.75, 3.05) is 13.2 Å². The van der Waals surface area contributed by atoms with E-state index >= 15 is 0 Å². The highest BCUT2D eigenvalue weighted by atomic mass is 16.5. The van der Waals surface area contributed by atoms with Crippen LogP contribution in [0.2, 0.25) is 0 Å². The van der Waals surface area contributed by atoms with Crippen LogP contribution in [0.15, 0.2) is 42.5 Å². The minimum Gasteiger partial charge on any atom is -0.463 e. The van der Waals surface area contributed by atoms with E-state index in [-0.39, 0.29) is 48.9 Å². The Morgan fingerprint density at radius 1 is 1.18 bits per heavy atom. The Labute approximate surface area is 203 Å². The van der Waals surface area contributed by atoms with Gasteiger partial charge in [-0.05, 0) is 43.1 Å². The van der Waals surface area contributed by atoms with Crippen molar-refractivity contribution in [3.05, 3.63) is 48.0 Å². The number of allylic oxidation sites excluding steroid dienone is 2. The predicted molar refractivity (Wildman–Crippen MR) is 132 cm³/mol. The van der Waals surface area contributed by atoms with Crippen molar-refractivity contribution >= 4 is 17.8 Å². The van der Waals surface area contributed by atoms with Gasteiger partial charge in [0.15, 0.2) is 0 Å². The molecule has 188 valence electrons. The van der Waals surface area contributed by atoms with E-state index in [4.69, 9.17) is 4.74 Å². The van der Waals surface area contributed by atoms with Crippen LogP contribution < -0.4 is 10.6 Å². The lowest BCUT2D eigenvalue weighted by Crippen LogP contribution is -2.50. The van der Waals surface area contributed by atoms with Gasteiger partial charge < -0.3 is 20.5 Å². The molecule has 0 fully saturated rings. The molecule has 0 radical (unpaired) electrons. The summed E-state index contributed by atoms with van der Waals surface area (Å²) in [6, 6.07) is 8.86. The summed E-state index contributed by atoms with van der Waals surface area (Å²) in [5.41, 5.74) is 0.691. The zero-order valence-electron chi connectivity index (χ0n) is 20.7. The van der Waals surface area contributed by atoms with Gasteiger partial charge in [0.25, 0.3) is 0 Å². The molecular formula is C27H40N2O5. The average Bonchev–Trinajstić information content (AvgIpc) is 2.79. The van der Waals surface area contributed by atoms with Gasteiger partial charge in [0.2, 0.25) is 11.8 Å². The summed E-state index contributed by atoms with van der Waals surface area (Å²) >= 11 is 0. The van der Waals surface area contributed by atoms with Crippen molar-refractivity contribution in [3.63, 3.8) is 0 Å². The Balaban J connectivity index is 2.08. The molecule has 2 amide bonds. The smallest absolute Gasteiger partial charge is 0.305 e. The number of aliphatic hydroxyl groups excluding tert-OH is 1. The Hall–Kier alpha value is -2.67. The van der Waals surface area contributed by atoms with E-state index in [2.05, 4.69) is 10.6 Å². The molecule has 7 nitrogen and oxygen atoms in total. The maximum absolute atomic E-state index is 13.2. The minimum atomic E-state index is -0.559. The molecule has 7 heteroatoms. The molecular weight excluding hydrogens is 432 g/mol. The first-order valence-electron chi connectivity index (χ1n) is 12.2. The summed E-state index contributed by atoms with van der Waals surface area (Å²) in [5.74, 6) is -1.33. The van der Waals surface area contributed by atoms with Crippen molar-refractivity contribution in [2.24, 2.45) is 11.3 Å². The first-order chi connectivity index (χ1) is 16.2. The Bertz CT molecular complexity index is 816. The van der Waals surface area contributed by atoms with Gasteiger partial charge in [-0.15, -0.1) is 0 Å². The van der Waals surface area contributed by atoms with Crippen molar-refractivity contribution in [1.82, 2.24) is 10.6 Å². The van der Waals surface area contributed by atoms with Gasteiger partial charge in [-0.2, -0.15) is 0 Å². The Kier molecular flexibility index (Phi) is 11.3. The van der Waals surface area contributed by atoms with Crippen molar-refractivity contribution in [2.45, 2.75) is 77.8 Å². The first kappa shape index (κ1) is 27.6. The third-order valence-electron chi connectivity index (χ3n) is 6.07. The second kappa shape index (κ2) is 13.9. The number of cyclic esters (lactones) is 1. The van der Waals surface area contributed by atoms with Crippen LogP contribution in [0.3, 0.4) is 0 Å². The van der Waals surface area contributed by atoms with Crippen LogP contribution in [0.1, 0.15) is 64.9 Å². The van der Waals surface area contributed by atoms with Crippen molar-refractivity contribution in [3.8, 4) is 0 Å². The summed E-state index contributed by atoms with van der Waals surface area (Å²) in [5, 5.41) is 15.6. The summed E-state index contributed by atoms with van der Waals surface area (Å²) in [4.78, 5) is 38.1. The van der Waals surface area contributed by atoms with E-state index in [1.165, 1.54) is 0 Å². The number of hydrogen-bond donors (Lipinski definition) is 3. The number of aliphatic hydroxyl groups is 1. The molecule has 34 heavy (non-hydrogen) atoms. The largest absolute Gasteiger partial charge is 0.463 e. The molecule has 0 aliphatic carbocycles. The van der Waals surface area contributed by atoms with Crippen LogP contribution in [0.5, 0.6) is 0 Å². The first-order valence-corrected chi connectivity index (χ1v) is 12.2. The second-order valence-corrected chi connectivity index (χ2v) is 10.1. The standard InChI is InChI=1S/C27H40N2O5/c1-27(2,3)23-19-34-25(32)15-11-6-4-5-10-14-21(26(33)29-23)17-24(31)28-22(18-30)16-20-12-8-7-9-13-20/h5,7-10,12-13,21-23,30H,4,6,11,14-19H2,1-3H3,(H,28,31)(H,29,33). The molecule has 1 aliphatic heterocycles. The van der Waals surface area contributed by atoms with Crippen LogP contribution in [0.4, 0.5) is 0 Å². The maximum Gasteiger partial charge on any atom is 0.305 e. The lowest BCUT2D eigenvalue weighted by Gasteiger charge is -2.32. The van der Waals surface area contributed by atoms with Gasteiger partial charge in [-0.25, -0.2) is 0 Å². The highest BCUT2D eigenvalue weighted by Crippen LogP contribution is 2.22. The van der Waals surface area contributed by atoms with Gasteiger partial charge in [0.1, 0.15) is 6.61 Å². The topological polar surface area (TPSA) is 105 Å². The van der Waals surface area contributed by atoms with Crippen LogP contribution in [-0.2, 0) is 25.5 Å². The quantitative estimate of drug-likeness (QED) is 0.435. The molecule has 2 rings (SSSR count). The number of ether oxygens (including phenoxy) is 1. The van der Waals surface area contributed by atoms with E-state index in [0.29, 0.717) is 19.3 Å². The summed E-state index contributed by atoms with van der Waals surface area (Å²) in [6.45, 7) is 5.85. The molecule has 0 saturated heterocycles. The van der Waals surface area contributed by atoms with Gasteiger partial charge in [0.05, 0.1) is 24.6 Å².